The van der Waals surface area contributed by atoms with E-state index in [1.807, 2.05) is 0 Å². The second kappa shape index (κ2) is 3.69. The molecule has 0 spiro atoms. The summed E-state index contributed by atoms with van der Waals surface area (Å²) < 4.78 is 14.8. The maximum absolute atomic E-state index is 13.4. The van der Waals surface area contributed by atoms with Gasteiger partial charge in [0.1, 0.15) is 11.4 Å². The van der Waals surface area contributed by atoms with Crippen LogP contribution in [0.4, 0.5) is 4.39 Å². The van der Waals surface area contributed by atoms with Gasteiger partial charge in [-0.3, -0.25) is 4.79 Å². The number of aromatic carboxylic acids is 1. The Labute approximate surface area is 95.9 Å². The lowest BCUT2D eigenvalue weighted by Crippen LogP contribution is -2.18. The van der Waals surface area contributed by atoms with Crippen LogP contribution in [0.15, 0.2) is 23.1 Å². The van der Waals surface area contributed by atoms with Gasteiger partial charge in [0.2, 0.25) is 5.43 Å². The molecule has 0 aliphatic carbocycles. The lowest BCUT2D eigenvalue weighted by Gasteiger charge is -2.10. The van der Waals surface area contributed by atoms with E-state index in [1.165, 1.54) is 22.9 Å². The highest BCUT2D eigenvalue weighted by atomic mass is 19.1. The molecule has 0 bridgehead atoms. The van der Waals surface area contributed by atoms with Gasteiger partial charge in [-0.15, -0.1) is 0 Å². The molecule has 88 valence electrons. The Morgan fingerprint density at radius 2 is 2.06 bits per heavy atom. The van der Waals surface area contributed by atoms with Crippen LogP contribution >= 0.6 is 0 Å². The molecule has 0 amide bonds. The van der Waals surface area contributed by atoms with Crippen molar-refractivity contribution in [3.8, 4) is 0 Å². The molecule has 2 rings (SSSR count). The van der Waals surface area contributed by atoms with Crippen LogP contribution in [0.25, 0.3) is 10.9 Å². The lowest BCUT2D eigenvalue weighted by molar-refractivity contribution is 0.0695. The maximum Gasteiger partial charge on any atom is 0.341 e. The number of aryl methyl sites for hydroxylation is 2. The monoisotopic (exact) mass is 235 g/mol. The number of benzene rings is 1. The van der Waals surface area contributed by atoms with Crippen molar-refractivity contribution in [1.82, 2.24) is 4.57 Å². The Hall–Kier alpha value is -2.17. The summed E-state index contributed by atoms with van der Waals surface area (Å²) in [5.74, 6) is -1.70. The van der Waals surface area contributed by atoms with Crippen LogP contribution in [0, 0.1) is 12.7 Å². The van der Waals surface area contributed by atoms with E-state index < -0.39 is 17.2 Å². The number of pyridine rings is 1. The normalized spacial score (nSPS) is 10.8. The zero-order valence-corrected chi connectivity index (χ0v) is 9.32. The van der Waals surface area contributed by atoms with Crippen molar-refractivity contribution in [3.63, 3.8) is 0 Å². The van der Waals surface area contributed by atoms with Crippen molar-refractivity contribution >= 4 is 16.9 Å². The van der Waals surface area contributed by atoms with Gasteiger partial charge in [0.15, 0.2) is 0 Å². The van der Waals surface area contributed by atoms with Crippen molar-refractivity contribution in [2.75, 3.05) is 0 Å². The summed E-state index contributed by atoms with van der Waals surface area (Å²) >= 11 is 0. The fourth-order valence-electron chi connectivity index (χ4n) is 1.93. The summed E-state index contributed by atoms with van der Waals surface area (Å²) in [6.45, 7) is 1.55. The van der Waals surface area contributed by atoms with E-state index in [-0.39, 0.29) is 10.9 Å². The largest absolute Gasteiger partial charge is 0.477 e. The molecule has 1 aromatic heterocycles. The molecule has 0 saturated carbocycles. The molecular formula is C12H10FNO3. The van der Waals surface area contributed by atoms with Gasteiger partial charge in [0, 0.05) is 24.2 Å². The summed E-state index contributed by atoms with van der Waals surface area (Å²) in [7, 11) is 1.58. The van der Waals surface area contributed by atoms with E-state index in [0.29, 0.717) is 11.1 Å². The number of aromatic nitrogens is 1. The fraction of sp³-hybridized carbons (Fsp3) is 0.167. The second-order valence-corrected chi connectivity index (χ2v) is 3.86. The van der Waals surface area contributed by atoms with Gasteiger partial charge in [-0.1, -0.05) is 0 Å². The van der Waals surface area contributed by atoms with Gasteiger partial charge in [-0.25, -0.2) is 9.18 Å². The first-order valence-electron chi connectivity index (χ1n) is 4.95. The predicted octanol–water partition coefficient (Wildman–Crippen LogP) is 1.68. The van der Waals surface area contributed by atoms with Gasteiger partial charge < -0.3 is 9.67 Å². The van der Waals surface area contributed by atoms with E-state index >= 15 is 0 Å². The molecule has 5 heteroatoms. The molecule has 0 aliphatic rings. The standard InChI is InChI=1S/C12H10FNO3/c1-6-9(13)4-3-7-10(6)14(2)5-8(11(7)15)12(16)17/h3-5H,1-2H3,(H,16,17). The van der Waals surface area contributed by atoms with Crippen molar-refractivity contribution in [1.29, 1.82) is 0 Å². The molecule has 1 heterocycles. The number of nitrogens with zero attached hydrogens (tertiary/aromatic N) is 1. The van der Waals surface area contributed by atoms with E-state index in [4.69, 9.17) is 5.11 Å². The van der Waals surface area contributed by atoms with Crippen LogP contribution in [0.1, 0.15) is 15.9 Å². The van der Waals surface area contributed by atoms with Gasteiger partial charge in [0.05, 0.1) is 5.52 Å². The third kappa shape index (κ3) is 1.60. The Bertz CT molecular complexity index is 688. The fourth-order valence-corrected chi connectivity index (χ4v) is 1.93. The maximum atomic E-state index is 13.4. The van der Waals surface area contributed by atoms with E-state index in [0.717, 1.165) is 0 Å². The first-order valence-corrected chi connectivity index (χ1v) is 4.95. The lowest BCUT2D eigenvalue weighted by atomic mass is 10.1. The molecular weight excluding hydrogens is 225 g/mol. The van der Waals surface area contributed by atoms with Crippen LogP contribution in [0.2, 0.25) is 0 Å². The third-order valence-corrected chi connectivity index (χ3v) is 2.76. The predicted molar refractivity (Wildman–Crippen MR) is 60.8 cm³/mol. The molecule has 0 atom stereocenters. The molecule has 17 heavy (non-hydrogen) atoms. The topological polar surface area (TPSA) is 59.3 Å². The molecule has 0 saturated heterocycles. The van der Waals surface area contributed by atoms with Gasteiger partial charge in [0.25, 0.3) is 0 Å². The summed E-state index contributed by atoms with van der Waals surface area (Å²) in [6.07, 6.45) is 1.21. The Morgan fingerprint density at radius 1 is 1.41 bits per heavy atom. The number of rotatable bonds is 1. The molecule has 4 nitrogen and oxygen atoms in total. The Balaban J connectivity index is 3.03. The molecule has 0 aliphatic heterocycles. The first kappa shape index (κ1) is 11.3. The number of hydrogen-bond donors (Lipinski definition) is 1. The number of hydrogen-bond acceptors (Lipinski definition) is 2. The number of halogens is 1. The summed E-state index contributed by atoms with van der Waals surface area (Å²) in [6, 6.07) is 2.48. The first-order chi connectivity index (χ1) is 7.93. The highest BCUT2D eigenvalue weighted by Crippen LogP contribution is 2.18. The average molecular weight is 235 g/mol. The SMILES string of the molecule is Cc1c(F)ccc2c(=O)c(C(=O)O)cn(C)c12. The van der Waals surface area contributed by atoms with Gasteiger partial charge >= 0.3 is 5.97 Å². The van der Waals surface area contributed by atoms with Crippen molar-refractivity contribution in [3.05, 3.63) is 45.5 Å². The quantitative estimate of drug-likeness (QED) is 0.818. The Morgan fingerprint density at radius 3 is 2.65 bits per heavy atom. The molecule has 1 N–H and O–H groups in total. The zero-order valence-electron chi connectivity index (χ0n) is 9.32. The van der Waals surface area contributed by atoms with Crippen LogP contribution in [0.5, 0.6) is 0 Å². The minimum atomic E-state index is -1.28. The number of carboxylic acids is 1. The molecule has 0 radical (unpaired) electrons. The summed E-state index contributed by atoms with van der Waals surface area (Å²) in [5.41, 5.74) is -0.154. The molecule has 1 aromatic carbocycles. The van der Waals surface area contributed by atoms with Crippen molar-refractivity contribution in [2.45, 2.75) is 6.92 Å². The van der Waals surface area contributed by atoms with E-state index in [2.05, 4.69) is 0 Å². The number of fused-ring (bicyclic) bond motifs is 1. The summed E-state index contributed by atoms with van der Waals surface area (Å²) in [5, 5.41) is 9.10. The summed E-state index contributed by atoms with van der Waals surface area (Å²) in [4.78, 5) is 22.8. The Kier molecular flexibility index (Phi) is 2.46. The minimum Gasteiger partial charge on any atom is -0.477 e. The highest BCUT2D eigenvalue weighted by Gasteiger charge is 2.15. The number of carboxylic acid groups (broad SMARTS) is 1. The average Bonchev–Trinajstić information content (AvgIpc) is 2.26. The van der Waals surface area contributed by atoms with Crippen LogP contribution < -0.4 is 5.43 Å². The van der Waals surface area contributed by atoms with Crippen LogP contribution in [-0.2, 0) is 7.05 Å². The van der Waals surface area contributed by atoms with Gasteiger partial charge in [-0.2, -0.15) is 0 Å². The minimum absolute atomic E-state index is 0.214. The van der Waals surface area contributed by atoms with Crippen molar-refractivity contribution in [2.24, 2.45) is 7.05 Å². The van der Waals surface area contributed by atoms with Gasteiger partial charge in [-0.05, 0) is 19.1 Å². The molecule has 0 unspecified atom stereocenters. The van der Waals surface area contributed by atoms with E-state index in [1.54, 1.807) is 14.0 Å². The van der Waals surface area contributed by atoms with Crippen LogP contribution in [0.3, 0.4) is 0 Å². The number of carbonyl (C=O) groups is 1. The van der Waals surface area contributed by atoms with Crippen LogP contribution in [-0.4, -0.2) is 15.6 Å². The van der Waals surface area contributed by atoms with Crippen molar-refractivity contribution < 1.29 is 14.3 Å². The molecule has 2 aromatic rings. The van der Waals surface area contributed by atoms with E-state index in [9.17, 15) is 14.0 Å². The smallest absolute Gasteiger partial charge is 0.341 e. The third-order valence-electron chi connectivity index (χ3n) is 2.76. The second-order valence-electron chi connectivity index (χ2n) is 3.86. The zero-order chi connectivity index (χ0) is 12.7. The molecule has 0 fully saturated rings. The highest BCUT2D eigenvalue weighted by molar-refractivity contribution is 5.93.